The van der Waals surface area contributed by atoms with E-state index in [9.17, 15) is 0 Å². The molecule has 0 spiro atoms. The van der Waals surface area contributed by atoms with Gasteiger partial charge in [-0.2, -0.15) is 5.10 Å². The molecule has 4 aromatic rings. The van der Waals surface area contributed by atoms with Gasteiger partial charge in [-0.25, -0.2) is 9.97 Å². The molecule has 0 radical (unpaired) electrons. The first-order valence-electron chi connectivity index (χ1n) is 8.26. The largest absolute Gasteiger partial charge is 0.300 e. The number of nitrogens with one attached hydrogen (secondary N) is 2. The number of hydrogen-bond acceptors (Lipinski definition) is 7. The first-order chi connectivity index (χ1) is 12.8. The highest BCUT2D eigenvalue weighted by molar-refractivity contribution is 5.75. The molecule has 0 bridgehead atoms. The van der Waals surface area contributed by atoms with Crippen LogP contribution in [0.3, 0.4) is 0 Å². The fourth-order valence-corrected chi connectivity index (χ4v) is 3.01. The zero-order valence-electron chi connectivity index (χ0n) is 14.1. The number of aryl methyl sites for hydroxylation is 1. The molecule has 0 aliphatic carbocycles. The SMILES string of the molecule is Cn1cc(-c2ccc3c(n2)N(Cc2ccc4ncccc4n2)NN3)cn1. The lowest BCUT2D eigenvalue weighted by atomic mass is 10.2. The van der Waals surface area contributed by atoms with Crippen molar-refractivity contribution in [3.05, 3.63) is 60.7 Å². The number of hydrogen-bond donors (Lipinski definition) is 2. The van der Waals surface area contributed by atoms with Crippen LogP contribution in [0.25, 0.3) is 22.3 Å². The predicted octanol–water partition coefficient (Wildman–Crippen LogP) is 2.28. The molecule has 4 aromatic heterocycles. The molecule has 2 N–H and O–H groups in total. The van der Waals surface area contributed by atoms with E-state index < -0.39 is 0 Å². The van der Waals surface area contributed by atoms with Crippen LogP contribution in [0.1, 0.15) is 5.69 Å². The van der Waals surface area contributed by atoms with Gasteiger partial charge in [-0.15, -0.1) is 5.53 Å². The number of rotatable bonds is 3. The van der Waals surface area contributed by atoms with Crippen LogP contribution in [0.4, 0.5) is 11.5 Å². The molecular weight excluding hydrogens is 328 g/mol. The van der Waals surface area contributed by atoms with Crippen LogP contribution in [0.2, 0.25) is 0 Å². The second kappa shape index (κ2) is 5.78. The van der Waals surface area contributed by atoms with Crippen molar-refractivity contribution in [3.8, 4) is 11.3 Å². The van der Waals surface area contributed by atoms with Crippen LogP contribution >= 0.6 is 0 Å². The van der Waals surface area contributed by atoms with Crippen molar-refractivity contribution < 1.29 is 0 Å². The van der Waals surface area contributed by atoms with Gasteiger partial charge in [0.15, 0.2) is 5.82 Å². The van der Waals surface area contributed by atoms with Gasteiger partial charge in [0.1, 0.15) is 0 Å². The summed E-state index contributed by atoms with van der Waals surface area (Å²) in [5.74, 6) is 0.833. The molecule has 0 unspecified atom stereocenters. The Balaban J connectivity index is 1.46. The maximum absolute atomic E-state index is 4.78. The monoisotopic (exact) mass is 344 g/mol. The van der Waals surface area contributed by atoms with Gasteiger partial charge >= 0.3 is 0 Å². The van der Waals surface area contributed by atoms with Crippen LogP contribution in [0.15, 0.2) is 55.0 Å². The molecule has 128 valence electrons. The highest BCUT2D eigenvalue weighted by Gasteiger charge is 2.21. The Bertz CT molecular complexity index is 1100. The van der Waals surface area contributed by atoms with Crippen molar-refractivity contribution in [2.24, 2.45) is 7.05 Å². The Kier molecular flexibility index (Phi) is 3.29. The second-order valence-electron chi connectivity index (χ2n) is 6.14. The third-order valence-corrected chi connectivity index (χ3v) is 4.29. The molecule has 8 heteroatoms. The van der Waals surface area contributed by atoms with Gasteiger partial charge in [0.05, 0.1) is 40.9 Å². The lowest BCUT2D eigenvalue weighted by Crippen LogP contribution is -2.35. The standard InChI is InChI=1S/C18H16N8/c1-25-10-12(9-20-25)14-6-7-17-18(22-14)26(24-23-17)11-13-4-5-15-16(21-13)3-2-8-19-15/h2-10,23-24H,11H2,1H3. The van der Waals surface area contributed by atoms with Gasteiger partial charge < -0.3 is 5.43 Å². The average Bonchev–Trinajstić information content (AvgIpc) is 3.28. The van der Waals surface area contributed by atoms with Crippen molar-refractivity contribution in [2.75, 3.05) is 10.4 Å². The molecule has 0 saturated heterocycles. The fourth-order valence-electron chi connectivity index (χ4n) is 3.01. The van der Waals surface area contributed by atoms with Gasteiger partial charge in [0, 0.05) is 25.0 Å². The topological polar surface area (TPSA) is 83.8 Å². The van der Waals surface area contributed by atoms with E-state index in [2.05, 4.69) is 26.0 Å². The highest BCUT2D eigenvalue weighted by atomic mass is 15.7. The van der Waals surface area contributed by atoms with Crippen LogP contribution in [0, 0.1) is 0 Å². The van der Waals surface area contributed by atoms with E-state index >= 15 is 0 Å². The van der Waals surface area contributed by atoms with Gasteiger partial charge in [-0.3, -0.25) is 14.7 Å². The average molecular weight is 344 g/mol. The normalized spacial score (nSPS) is 13.0. The number of hydrazine groups is 2. The number of nitrogens with zero attached hydrogens (tertiary/aromatic N) is 6. The molecule has 5 rings (SSSR count). The van der Waals surface area contributed by atoms with Crippen molar-refractivity contribution in [3.63, 3.8) is 0 Å². The van der Waals surface area contributed by atoms with Crippen LogP contribution in [-0.2, 0) is 13.6 Å². The fraction of sp³-hybridized carbons (Fsp3) is 0.111. The molecule has 0 saturated carbocycles. The Morgan fingerprint density at radius 1 is 1.04 bits per heavy atom. The summed E-state index contributed by atoms with van der Waals surface area (Å²) < 4.78 is 1.77. The maximum Gasteiger partial charge on any atom is 0.170 e. The molecule has 0 aromatic carbocycles. The maximum atomic E-state index is 4.78. The Hall–Kier alpha value is -3.52. The van der Waals surface area contributed by atoms with E-state index in [0.29, 0.717) is 6.54 Å². The summed E-state index contributed by atoms with van der Waals surface area (Å²) in [5, 5.41) is 6.16. The van der Waals surface area contributed by atoms with E-state index in [-0.39, 0.29) is 0 Å². The van der Waals surface area contributed by atoms with Crippen molar-refractivity contribution in [1.82, 2.24) is 30.3 Å². The van der Waals surface area contributed by atoms with Crippen molar-refractivity contribution >= 4 is 22.5 Å². The lowest BCUT2D eigenvalue weighted by molar-refractivity contribution is 0.707. The third-order valence-electron chi connectivity index (χ3n) is 4.29. The molecule has 5 heterocycles. The van der Waals surface area contributed by atoms with Crippen LogP contribution in [-0.4, -0.2) is 24.7 Å². The highest BCUT2D eigenvalue weighted by Crippen LogP contribution is 2.30. The summed E-state index contributed by atoms with van der Waals surface area (Å²) in [4.78, 5) is 13.8. The minimum absolute atomic E-state index is 0.578. The molecule has 1 aliphatic rings. The summed E-state index contributed by atoms with van der Waals surface area (Å²) >= 11 is 0. The predicted molar refractivity (Wildman–Crippen MR) is 98.9 cm³/mol. The van der Waals surface area contributed by atoms with E-state index in [1.54, 1.807) is 10.9 Å². The molecule has 8 nitrogen and oxygen atoms in total. The second-order valence-corrected chi connectivity index (χ2v) is 6.14. The molecule has 1 aliphatic heterocycles. The molecule has 0 fully saturated rings. The summed E-state index contributed by atoms with van der Waals surface area (Å²) in [7, 11) is 1.90. The van der Waals surface area contributed by atoms with Crippen LogP contribution < -0.4 is 16.0 Å². The van der Waals surface area contributed by atoms with E-state index in [1.807, 2.05) is 60.8 Å². The lowest BCUT2D eigenvalue weighted by Gasteiger charge is -2.16. The van der Waals surface area contributed by atoms with Gasteiger partial charge in [-0.1, -0.05) is 0 Å². The summed E-state index contributed by atoms with van der Waals surface area (Å²) in [6.07, 6.45) is 5.54. The minimum atomic E-state index is 0.578. The minimum Gasteiger partial charge on any atom is -0.300 e. The van der Waals surface area contributed by atoms with Gasteiger partial charge in [0.2, 0.25) is 0 Å². The quantitative estimate of drug-likeness (QED) is 0.590. The first-order valence-corrected chi connectivity index (χ1v) is 8.26. The summed E-state index contributed by atoms with van der Waals surface area (Å²) in [5.41, 5.74) is 11.8. The number of anilines is 2. The van der Waals surface area contributed by atoms with Crippen molar-refractivity contribution in [2.45, 2.75) is 6.54 Å². The zero-order chi connectivity index (χ0) is 17.5. The first kappa shape index (κ1) is 14.8. The third kappa shape index (κ3) is 2.52. The smallest absolute Gasteiger partial charge is 0.170 e. The molecule has 26 heavy (non-hydrogen) atoms. The molecular formula is C18H16N8. The molecule has 0 atom stereocenters. The van der Waals surface area contributed by atoms with Crippen LogP contribution in [0.5, 0.6) is 0 Å². The van der Waals surface area contributed by atoms with Crippen molar-refractivity contribution in [1.29, 1.82) is 0 Å². The number of aromatic nitrogens is 5. The Morgan fingerprint density at radius 2 is 2.00 bits per heavy atom. The Labute approximate surface area is 149 Å². The number of fused-ring (bicyclic) bond motifs is 2. The van der Waals surface area contributed by atoms with Gasteiger partial charge in [0.25, 0.3) is 0 Å². The summed E-state index contributed by atoms with van der Waals surface area (Å²) in [6, 6.07) is 11.8. The number of pyridine rings is 3. The van der Waals surface area contributed by atoms with Gasteiger partial charge in [-0.05, 0) is 36.4 Å². The Morgan fingerprint density at radius 3 is 2.88 bits per heavy atom. The summed E-state index contributed by atoms with van der Waals surface area (Å²) in [6.45, 7) is 0.578. The zero-order valence-corrected chi connectivity index (χ0v) is 14.1. The van der Waals surface area contributed by atoms with E-state index in [1.165, 1.54) is 0 Å². The molecule has 0 amide bonds. The van der Waals surface area contributed by atoms with E-state index in [0.717, 1.165) is 39.5 Å². The van der Waals surface area contributed by atoms with E-state index in [4.69, 9.17) is 4.98 Å².